The summed E-state index contributed by atoms with van der Waals surface area (Å²) in [5.41, 5.74) is 4.79. The molecular formula is C22H22Cl2N2O3S. The number of aryl methyl sites for hydroxylation is 3. The second kappa shape index (κ2) is 9.33. The summed E-state index contributed by atoms with van der Waals surface area (Å²) in [5.74, 6) is -0.742. The first-order valence-corrected chi connectivity index (χ1v) is 11.1. The van der Waals surface area contributed by atoms with E-state index in [9.17, 15) is 9.59 Å². The molecule has 0 N–H and O–H groups in total. The van der Waals surface area contributed by atoms with Gasteiger partial charge in [0.05, 0.1) is 33.3 Å². The van der Waals surface area contributed by atoms with Crippen LogP contribution in [0.25, 0.3) is 10.2 Å². The van der Waals surface area contributed by atoms with E-state index in [0.29, 0.717) is 25.1 Å². The van der Waals surface area contributed by atoms with Crippen molar-refractivity contribution in [1.82, 2.24) is 4.57 Å². The van der Waals surface area contributed by atoms with Gasteiger partial charge in [0, 0.05) is 0 Å². The first-order valence-electron chi connectivity index (χ1n) is 9.48. The lowest BCUT2D eigenvalue weighted by molar-refractivity contribution is -0.143. The number of esters is 1. The molecule has 1 aromatic heterocycles. The van der Waals surface area contributed by atoms with Gasteiger partial charge in [0.2, 0.25) is 0 Å². The summed E-state index contributed by atoms with van der Waals surface area (Å²) in [6.45, 7) is 7.89. The average molecular weight is 465 g/mol. The maximum absolute atomic E-state index is 12.8. The van der Waals surface area contributed by atoms with Crippen molar-refractivity contribution in [1.29, 1.82) is 0 Å². The maximum atomic E-state index is 12.8. The molecule has 0 bridgehead atoms. The van der Waals surface area contributed by atoms with Gasteiger partial charge in [-0.05, 0) is 56.5 Å². The Labute approximate surface area is 188 Å². The quantitative estimate of drug-likeness (QED) is 0.489. The predicted molar refractivity (Wildman–Crippen MR) is 121 cm³/mol. The monoisotopic (exact) mass is 464 g/mol. The van der Waals surface area contributed by atoms with Crippen molar-refractivity contribution in [3.05, 3.63) is 61.4 Å². The Balaban J connectivity index is 2.09. The summed E-state index contributed by atoms with van der Waals surface area (Å²) in [7, 11) is 0. The van der Waals surface area contributed by atoms with Gasteiger partial charge in [-0.3, -0.25) is 9.59 Å². The number of carbonyl (C=O) groups excluding carboxylic acids is 2. The zero-order valence-corrected chi connectivity index (χ0v) is 19.5. The normalized spacial score (nSPS) is 11.9. The number of nitrogens with zero attached hydrogens (tertiary/aromatic N) is 2. The van der Waals surface area contributed by atoms with Gasteiger partial charge in [-0.1, -0.05) is 52.2 Å². The first-order chi connectivity index (χ1) is 14.2. The zero-order chi connectivity index (χ0) is 22.0. The molecule has 0 aliphatic rings. The first kappa shape index (κ1) is 22.5. The Morgan fingerprint density at radius 2 is 1.73 bits per heavy atom. The lowest BCUT2D eigenvalue weighted by Gasteiger charge is -2.09. The molecule has 2 aromatic carbocycles. The summed E-state index contributed by atoms with van der Waals surface area (Å²) in [6.07, 6.45) is 0.174. The van der Waals surface area contributed by atoms with E-state index in [-0.39, 0.29) is 25.5 Å². The molecule has 0 radical (unpaired) electrons. The van der Waals surface area contributed by atoms with Crippen LogP contribution in [0, 0.1) is 20.8 Å². The smallest absolute Gasteiger partial charge is 0.326 e. The molecule has 0 atom stereocenters. The lowest BCUT2D eigenvalue weighted by atomic mass is 9.97. The van der Waals surface area contributed by atoms with Crippen LogP contribution in [0.4, 0.5) is 0 Å². The van der Waals surface area contributed by atoms with Crippen molar-refractivity contribution in [2.24, 2.45) is 4.99 Å². The topological polar surface area (TPSA) is 60.7 Å². The van der Waals surface area contributed by atoms with Gasteiger partial charge in [0.1, 0.15) is 6.54 Å². The number of halogens is 2. The van der Waals surface area contributed by atoms with Crippen molar-refractivity contribution in [3.63, 3.8) is 0 Å². The van der Waals surface area contributed by atoms with Gasteiger partial charge in [-0.2, -0.15) is 4.99 Å². The van der Waals surface area contributed by atoms with Crippen molar-refractivity contribution in [3.8, 4) is 0 Å². The molecule has 0 aliphatic carbocycles. The van der Waals surface area contributed by atoms with Crippen LogP contribution in [0.2, 0.25) is 10.0 Å². The molecule has 0 spiro atoms. The third kappa shape index (κ3) is 4.77. The Kier molecular flexibility index (Phi) is 7.01. The summed E-state index contributed by atoms with van der Waals surface area (Å²) < 4.78 is 7.34. The zero-order valence-electron chi connectivity index (χ0n) is 17.2. The highest BCUT2D eigenvalue weighted by Crippen LogP contribution is 2.32. The number of amides is 1. The molecule has 5 nitrogen and oxygen atoms in total. The number of benzene rings is 2. The minimum Gasteiger partial charge on any atom is -0.465 e. The molecular weight excluding hydrogens is 443 g/mol. The summed E-state index contributed by atoms with van der Waals surface area (Å²) >= 11 is 13.9. The van der Waals surface area contributed by atoms with Crippen LogP contribution in [-0.4, -0.2) is 23.1 Å². The molecule has 3 aromatic rings. The van der Waals surface area contributed by atoms with Gasteiger partial charge in [0.25, 0.3) is 5.91 Å². The molecule has 3 rings (SSSR count). The number of hydrogen-bond donors (Lipinski definition) is 0. The highest BCUT2D eigenvalue weighted by atomic mass is 35.5. The van der Waals surface area contributed by atoms with E-state index < -0.39 is 5.97 Å². The maximum Gasteiger partial charge on any atom is 0.326 e. The second-order valence-electron chi connectivity index (χ2n) is 7.04. The summed E-state index contributed by atoms with van der Waals surface area (Å²) in [5, 5.41) is 0.908. The minimum atomic E-state index is -0.438. The van der Waals surface area contributed by atoms with Crippen LogP contribution in [0.3, 0.4) is 0 Å². The van der Waals surface area contributed by atoms with E-state index >= 15 is 0 Å². The third-order valence-corrected chi connectivity index (χ3v) is 6.55. The standard InChI is InChI=1S/C22H22Cl2N2O3S/c1-5-29-19(28)11-26-20-16(23)6-7-17(24)21(20)30-22(26)25-18(27)10-15-13(3)8-12(2)9-14(15)4/h6-9H,5,10-11H2,1-4H3. The average Bonchev–Trinajstić information content (AvgIpc) is 3.00. The third-order valence-electron chi connectivity index (χ3n) is 4.71. The van der Waals surface area contributed by atoms with Crippen LogP contribution < -0.4 is 4.80 Å². The van der Waals surface area contributed by atoms with Crippen LogP contribution in [0.15, 0.2) is 29.3 Å². The molecule has 158 valence electrons. The molecule has 8 heteroatoms. The van der Waals surface area contributed by atoms with E-state index in [2.05, 4.69) is 17.1 Å². The van der Waals surface area contributed by atoms with Crippen LogP contribution in [0.5, 0.6) is 0 Å². The molecule has 0 saturated carbocycles. The fraction of sp³-hybridized carbons (Fsp3) is 0.318. The van der Waals surface area contributed by atoms with Crippen LogP contribution >= 0.6 is 34.5 Å². The van der Waals surface area contributed by atoms with Crippen molar-refractivity contribution >= 4 is 56.6 Å². The van der Waals surface area contributed by atoms with Gasteiger partial charge in [0.15, 0.2) is 4.80 Å². The number of thiazole rings is 1. The van der Waals surface area contributed by atoms with E-state index in [0.717, 1.165) is 22.3 Å². The van der Waals surface area contributed by atoms with Gasteiger partial charge < -0.3 is 9.30 Å². The van der Waals surface area contributed by atoms with Crippen molar-refractivity contribution in [2.75, 3.05) is 6.61 Å². The number of hydrogen-bond acceptors (Lipinski definition) is 4. The van der Waals surface area contributed by atoms with E-state index in [1.807, 2.05) is 20.8 Å². The van der Waals surface area contributed by atoms with Gasteiger partial charge in [-0.15, -0.1) is 0 Å². The summed E-state index contributed by atoms with van der Waals surface area (Å²) in [6, 6.07) is 7.44. The number of carbonyl (C=O) groups is 2. The number of ether oxygens (including phenoxy) is 1. The number of aromatic nitrogens is 1. The molecule has 0 aliphatic heterocycles. The van der Waals surface area contributed by atoms with E-state index in [4.69, 9.17) is 27.9 Å². The van der Waals surface area contributed by atoms with Gasteiger partial charge >= 0.3 is 5.97 Å². The lowest BCUT2D eigenvalue weighted by Crippen LogP contribution is -2.23. The van der Waals surface area contributed by atoms with E-state index in [1.165, 1.54) is 11.3 Å². The minimum absolute atomic E-state index is 0.109. The Bertz CT molecular complexity index is 1190. The molecule has 1 amide bonds. The molecule has 0 saturated heterocycles. The summed E-state index contributed by atoms with van der Waals surface area (Å²) in [4.78, 5) is 29.7. The number of fused-ring (bicyclic) bond motifs is 1. The highest BCUT2D eigenvalue weighted by Gasteiger charge is 2.17. The SMILES string of the molecule is CCOC(=O)Cn1c(=NC(=O)Cc2c(C)cc(C)cc2C)sc2c(Cl)ccc(Cl)c21. The predicted octanol–water partition coefficient (Wildman–Crippen LogP) is 5.17. The largest absolute Gasteiger partial charge is 0.465 e. The Morgan fingerprint density at radius 3 is 2.37 bits per heavy atom. The molecule has 0 fully saturated rings. The van der Waals surface area contributed by atoms with Crippen molar-refractivity contribution < 1.29 is 14.3 Å². The van der Waals surface area contributed by atoms with Crippen LogP contribution in [-0.2, 0) is 27.3 Å². The van der Waals surface area contributed by atoms with Gasteiger partial charge in [-0.25, -0.2) is 0 Å². The molecule has 0 unspecified atom stereocenters. The molecule has 1 heterocycles. The van der Waals surface area contributed by atoms with Crippen LogP contribution in [0.1, 0.15) is 29.2 Å². The highest BCUT2D eigenvalue weighted by molar-refractivity contribution is 7.17. The number of rotatable bonds is 5. The van der Waals surface area contributed by atoms with E-state index in [1.54, 1.807) is 23.6 Å². The fourth-order valence-electron chi connectivity index (χ4n) is 3.46. The Hall–Kier alpha value is -2.15. The Morgan fingerprint density at radius 1 is 1.10 bits per heavy atom. The fourth-order valence-corrected chi connectivity index (χ4v) is 5.13. The molecule has 30 heavy (non-hydrogen) atoms. The van der Waals surface area contributed by atoms with Crippen molar-refractivity contribution in [2.45, 2.75) is 40.7 Å². The second-order valence-corrected chi connectivity index (χ2v) is 8.83.